The van der Waals surface area contributed by atoms with Crippen LogP contribution in [0.2, 0.25) is 19.6 Å². The zero-order valence-corrected chi connectivity index (χ0v) is 13.2. The summed E-state index contributed by atoms with van der Waals surface area (Å²) < 4.78 is 0.599. The summed E-state index contributed by atoms with van der Waals surface area (Å²) in [5.74, 6) is 2.77. The minimum absolute atomic E-state index is 0.599. The molecule has 15 heavy (non-hydrogen) atoms. The van der Waals surface area contributed by atoms with Crippen molar-refractivity contribution in [2.24, 2.45) is 0 Å². The van der Waals surface area contributed by atoms with Crippen molar-refractivity contribution in [3.63, 3.8) is 0 Å². The first-order valence-corrected chi connectivity index (χ1v) is 11.4. The maximum Gasteiger partial charge on any atom is 0.0752 e. The Morgan fingerprint density at radius 3 is 2.27 bits per heavy atom. The molecule has 1 N–H and O–H groups in total. The lowest BCUT2D eigenvalue weighted by Crippen LogP contribution is -2.49. The molecule has 1 heterocycles. The summed E-state index contributed by atoms with van der Waals surface area (Å²) in [7, 11) is 0.999. The third-order valence-corrected chi connectivity index (χ3v) is 13.1. The number of rotatable bonds is 5. The summed E-state index contributed by atoms with van der Waals surface area (Å²) in [5, 5.41) is 3.27. The number of hydrogen-bond acceptors (Lipinski definition) is 3. The van der Waals surface area contributed by atoms with Crippen LogP contribution in [0, 0.1) is 0 Å². The molecule has 1 aliphatic rings. The first-order chi connectivity index (χ1) is 7.02. The Balaban J connectivity index is 2.59. The van der Waals surface area contributed by atoms with Crippen molar-refractivity contribution in [1.82, 2.24) is 5.32 Å². The van der Waals surface area contributed by atoms with E-state index in [-0.39, 0.29) is 0 Å². The smallest absolute Gasteiger partial charge is 0.0752 e. The molecule has 90 valence electrons. The molecule has 0 aromatic rings. The maximum atomic E-state index is 3.27. The van der Waals surface area contributed by atoms with Crippen LogP contribution in [0.15, 0.2) is 0 Å². The fourth-order valence-corrected chi connectivity index (χ4v) is 9.86. The van der Waals surface area contributed by atoms with Crippen LogP contribution in [-0.2, 0) is 0 Å². The molecule has 1 aliphatic heterocycles. The van der Waals surface area contributed by atoms with Gasteiger partial charge < -0.3 is 5.32 Å². The van der Waals surface area contributed by atoms with Gasteiger partial charge in [-0.05, 0) is 44.4 Å². The quantitative estimate of drug-likeness (QED) is 0.603. The van der Waals surface area contributed by atoms with Gasteiger partial charge in [-0.1, -0.05) is 19.6 Å². The Morgan fingerprint density at radius 2 is 1.80 bits per heavy atom. The van der Waals surface area contributed by atoms with Crippen LogP contribution >= 0.6 is 23.5 Å². The highest BCUT2D eigenvalue weighted by Gasteiger charge is 2.44. The fourth-order valence-electron chi connectivity index (χ4n) is 2.02. The maximum absolute atomic E-state index is 3.27. The summed E-state index contributed by atoms with van der Waals surface area (Å²) in [6, 6.07) is 0. The van der Waals surface area contributed by atoms with Crippen LogP contribution in [-0.4, -0.2) is 36.9 Å². The number of thioether (sulfide) groups is 2. The van der Waals surface area contributed by atoms with Crippen LogP contribution in [0.3, 0.4) is 0 Å². The van der Waals surface area contributed by atoms with Crippen molar-refractivity contribution in [3.05, 3.63) is 0 Å². The Labute approximate surface area is 105 Å². The molecular formula is C11H25NS2Si. The highest BCUT2D eigenvalue weighted by Crippen LogP contribution is 2.51. The molecule has 4 heteroatoms. The second-order valence-corrected chi connectivity index (χ2v) is 14.4. The molecule has 0 radical (unpaired) electrons. The Bertz CT molecular complexity index is 186. The molecular weight excluding hydrogens is 238 g/mol. The van der Waals surface area contributed by atoms with E-state index in [0.717, 1.165) is 0 Å². The molecule has 0 amide bonds. The van der Waals surface area contributed by atoms with Gasteiger partial charge in [0.15, 0.2) is 0 Å². The third kappa shape index (κ3) is 3.68. The lowest BCUT2D eigenvalue weighted by Gasteiger charge is -2.45. The molecule has 0 saturated carbocycles. The molecule has 0 aromatic carbocycles. The molecule has 0 aromatic heterocycles. The molecule has 0 atom stereocenters. The van der Waals surface area contributed by atoms with E-state index in [1.165, 1.54) is 37.3 Å². The Hall–Kier alpha value is 0.877. The van der Waals surface area contributed by atoms with Gasteiger partial charge in [0, 0.05) is 0 Å². The lowest BCUT2D eigenvalue weighted by molar-refractivity contribution is 0.684. The van der Waals surface area contributed by atoms with Gasteiger partial charge in [-0.25, -0.2) is 0 Å². The third-order valence-electron chi connectivity index (χ3n) is 3.03. The lowest BCUT2D eigenvalue weighted by atomic mass is 10.3. The minimum atomic E-state index is -1.06. The molecule has 1 fully saturated rings. The monoisotopic (exact) mass is 263 g/mol. The summed E-state index contributed by atoms with van der Waals surface area (Å²) >= 11 is 4.53. The summed E-state index contributed by atoms with van der Waals surface area (Å²) in [6.07, 6.45) is 4.15. The van der Waals surface area contributed by atoms with Crippen LogP contribution in [0.4, 0.5) is 0 Å². The van der Waals surface area contributed by atoms with E-state index in [4.69, 9.17) is 0 Å². The largest absolute Gasteiger partial charge is 0.320 e. The average Bonchev–Trinajstić information content (AvgIpc) is 2.18. The molecule has 0 unspecified atom stereocenters. The van der Waals surface area contributed by atoms with E-state index in [9.17, 15) is 0 Å². The topological polar surface area (TPSA) is 12.0 Å². The minimum Gasteiger partial charge on any atom is -0.320 e. The number of hydrogen-bond donors (Lipinski definition) is 1. The van der Waals surface area contributed by atoms with Crippen molar-refractivity contribution in [3.8, 4) is 0 Å². The van der Waals surface area contributed by atoms with Gasteiger partial charge in [0.2, 0.25) is 0 Å². The van der Waals surface area contributed by atoms with E-state index in [2.05, 4.69) is 55.5 Å². The van der Waals surface area contributed by atoms with Gasteiger partial charge >= 0.3 is 0 Å². The van der Waals surface area contributed by atoms with E-state index >= 15 is 0 Å². The Kier molecular flexibility index (Phi) is 5.56. The van der Waals surface area contributed by atoms with Gasteiger partial charge in [0.05, 0.1) is 11.8 Å². The summed E-state index contributed by atoms with van der Waals surface area (Å²) in [5.41, 5.74) is 0. The molecule has 1 saturated heterocycles. The Morgan fingerprint density at radius 1 is 1.20 bits per heavy atom. The van der Waals surface area contributed by atoms with Crippen LogP contribution < -0.4 is 5.32 Å². The highest BCUT2D eigenvalue weighted by atomic mass is 32.2. The van der Waals surface area contributed by atoms with Gasteiger partial charge in [-0.3, -0.25) is 0 Å². The van der Waals surface area contributed by atoms with E-state index in [0.29, 0.717) is 3.70 Å². The predicted octanol–water partition coefficient (Wildman–Crippen LogP) is 3.43. The first kappa shape index (κ1) is 13.9. The van der Waals surface area contributed by atoms with Crippen LogP contribution in [0.1, 0.15) is 19.3 Å². The van der Waals surface area contributed by atoms with Gasteiger partial charge in [0.1, 0.15) is 0 Å². The van der Waals surface area contributed by atoms with Crippen molar-refractivity contribution >= 4 is 31.6 Å². The second-order valence-electron chi connectivity index (χ2n) is 5.26. The second kappa shape index (κ2) is 5.99. The molecule has 0 aliphatic carbocycles. The summed E-state index contributed by atoms with van der Waals surface area (Å²) in [6.45, 7) is 8.79. The van der Waals surface area contributed by atoms with E-state index in [1.807, 2.05) is 0 Å². The normalized spacial score (nSPS) is 21.6. The van der Waals surface area contributed by atoms with E-state index < -0.39 is 8.07 Å². The highest BCUT2D eigenvalue weighted by molar-refractivity contribution is 8.21. The van der Waals surface area contributed by atoms with Crippen LogP contribution in [0.5, 0.6) is 0 Å². The van der Waals surface area contributed by atoms with Gasteiger partial charge in [-0.2, -0.15) is 0 Å². The number of nitrogens with one attached hydrogen (secondary N) is 1. The molecule has 1 nitrogen and oxygen atoms in total. The van der Waals surface area contributed by atoms with Gasteiger partial charge in [-0.15, -0.1) is 23.5 Å². The SMILES string of the molecule is CNCCCC1([Si](C)(C)C)SCCCS1. The van der Waals surface area contributed by atoms with Crippen molar-refractivity contribution in [2.75, 3.05) is 25.1 Å². The van der Waals surface area contributed by atoms with E-state index in [1.54, 1.807) is 0 Å². The first-order valence-electron chi connectivity index (χ1n) is 5.94. The predicted molar refractivity (Wildman–Crippen MR) is 78.8 cm³/mol. The van der Waals surface area contributed by atoms with Crippen LogP contribution in [0.25, 0.3) is 0 Å². The zero-order chi connectivity index (χ0) is 11.4. The van der Waals surface area contributed by atoms with Gasteiger partial charge in [0.25, 0.3) is 0 Å². The van der Waals surface area contributed by atoms with Crippen molar-refractivity contribution < 1.29 is 0 Å². The standard InChI is InChI=1S/C11H25NS2Si/c1-12-8-5-7-11(15(2,3)4)13-9-6-10-14-11/h12H,5-10H2,1-4H3. The van der Waals surface area contributed by atoms with Crippen molar-refractivity contribution in [2.45, 2.75) is 42.6 Å². The molecule has 0 bridgehead atoms. The average molecular weight is 264 g/mol. The molecule has 0 spiro atoms. The fraction of sp³-hybridized carbons (Fsp3) is 1.00. The van der Waals surface area contributed by atoms with Crippen molar-refractivity contribution in [1.29, 1.82) is 0 Å². The molecule has 1 rings (SSSR count). The zero-order valence-electron chi connectivity index (χ0n) is 10.6. The summed E-state index contributed by atoms with van der Waals surface area (Å²) in [4.78, 5) is 0.